The minimum absolute atomic E-state index is 0.313. The minimum atomic E-state index is 0.313. The summed E-state index contributed by atoms with van der Waals surface area (Å²) in [5.74, 6) is 1.56. The summed E-state index contributed by atoms with van der Waals surface area (Å²) in [6.07, 6.45) is 1.50. The van der Waals surface area contributed by atoms with Gasteiger partial charge in [0.05, 0.1) is 0 Å². The molecule has 0 aliphatic rings. The van der Waals surface area contributed by atoms with E-state index in [-0.39, 0.29) is 0 Å². The van der Waals surface area contributed by atoms with E-state index in [1.165, 1.54) is 21.9 Å². The number of hydrogen-bond donors (Lipinski definition) is 6. The molecule has 2 aromatic heterocycles. The highest BCUT2D eigenvalue weighted by Gasteiger charge is 1.87. The Morgan fingerprint density at radius 3 is 1.18 bits per heavy atom. The van der Waals surface area contributed by atoms with E-state index in [4.69, 9.17) is 22.9 Å². The third-order valence-corrected chi connectivity index (χ3v) is 2.38. The number of nitrogens with two attached hydrogens (primary N) is 4. The van der Waals surface area contributed by atoms with Gasteiger partial charge in [0.2, 0.25) is 12.8 Å². The maximum atomic E-state index is 9.43. The quantitative estimate of drug-likeness (QED) is 0.278. The highest BCUT2D eigenvalue weighted by Crippen LogP contribution is 2.00. The first kappa shape index (κ1) is 27.0. The highest BCUT2D eigenvalue weighted by atomic mass is 32.1. The Balaban J connectivity index is 0. The topological polar surface area (TPSA) is 202 Å². The molecule has 14 heteroatoms. The molecule has 2 rings (SSSR count). The average Bonchev–Trinajstić information content (AvgIpc) is 2.53. The van der Waals surface area contributed by atoms with Crippen LogP contribution in [0.3, 0.4) is 0 Å². The number of nitrogens with one attached hydrogen (secondary N) is 2. The molecule has 0 bridgehead atoms. The van der Waals surface area contributed by atoms with Crippen molar-refractivity contribution in [2.24, 2.45) is 0 Å². The van der Waals surface area contributed by atoms with Crippen molar-refractivity contribution in [3.05, 3.63) is 21.7 Å². The van der Waals surface area contributed by atoms with Crippen LogP contribution >= 0.6 is 24.4 Å². The van der Waals surface area contributed by atoms with Gasteiger partial charge in [-0.2, -0.15) is 0 Å². The van der Waals surface area contributed by atoms with E-state index in [1.54, 1.807) is 28.2 Å². The highest BCUT2D eigenvalue weighted by molar-refractivity contribution is 7.71. The molecule has 0 saturated heterocycles. The number of carbonyl (C=O) groups excluding carboxylic acids is 2. The second-order valence-corrected chi connectivity index (χ2v) is 6.04. The maximum Gasteiger partial charge on any atom is 0.209 e. The molecule has 12 nitrogen and oxygen atoms in total. The van der Waals surface area contributed by atoms with Gasteiger partial charge in [-0.25, -0.2) is 9.97 Å². The number of nitrogens with zero attached hydrogens (tertiary/aromatic N) is 4. The molecule has 10 N–H and O–H groups in total. The van der Waals surface area contributed by atoms with Gasteiger partial charge >= 0.3 is 0 Å². The number of rotatable bonds is 2. The Bertz CT molecular complexity index is 719. The van der Waals surface area contributed by atoms with Gasteiger partial charge in [-0.15, -0.1) is 0 Å². The van der Waals surface area contributed by atoms with Crippen molar-refractivity contribution in [2.45, 2.75) is 0 Å². The number of aromatic amines is 2. The zero-order valence-electron chi connectivity index (χ0n) is 16.0. The molecule has 0 aliphatic carbocycles. The van der Waals surface area contributed by atoms with Crippen molar-refractivity contribution >= 4 is 60.5 Å². The van der Waals surface area contributed by atoms with Crippen molar-refractivity contribution in [1.82, 2.24) is 29.7 Å². The van der Waals surface area contributed by atoms with Gasteiger partial charge in [0.25, 0.3) is 0 Å². The number of anilines is 4. The number of carbonyl (C=O) groups is 2. The number of hydrogen-bond acceptors (Lipinski definition) is 10. The third kappa shape index (κ3) is 17.6. The zero-order chi connectivity index (χ0) is 22.3. The number of aromatic nitrogens is 4. The van der Waals surface area contributed by atoms with Crippen molar-refractivity contribution in [3.8, 4) is 0 Å². The van der Waals surface area contributed by atoms with Crippen LogP contribution in [0, 0.1) is 9.54 Å². The molecule has 156 valence electrons. The Hall–Kier alpha value is -3.26. The van der Waals surface area contributed by atoms with E-state index in [9.17, 15) is 9.59 Å². The van der Waals surface area contributed by atoms with Crippen LogP contribution in [-0.2, 0) is 9.59 Å². The summed E-state index contributed by atoms with van der Waals surface area (Å²) in [4.78, 5) is 34.4. The number of H-pyrrole nitrogens is 2. The van der Waals surface area contributed by atoms with E-state index in [0.717, 1.165) is 12.8 Å². The van der Waals surface area contributed by atoms with Crippen molar-refractivity contribution < 1.29 is 9.59 Å². The van der Waals surface area contributed by atoms with Crippen LogP contribution in [-0.4, -0.2) is 70.7 Å². The normalized spacial score (nSPS) is 8.43. The molecule has 2 aromatic rings. The monoisotopic (exact) mass is 430 g/mol. The molecule has 2 amide bonds. The van der Waals surface area contributed by atoms with Crippen LogP contribution in [0.2, 0.25) is 0 Å². The predicted octanol–water partition coefficient (Wildman–Crippen LogP) is 0.0160. The molecule has 0 saturated carbocycles. The van der Waals surface area contributed by atoms with Crippen LogP contribution in [0.1, 0.15) is 0 Å². The lowest BCUT2D eigenvalue weighted by Crippen LogP contribution is -2.06. The van der Waals surface area contributed by atoms with E-state index in [0.29, 0.717) is 32.8 Å². The van der Waals surface area contributed by atoms with Crippen LogP contribution in [0.25, 0.3) is 0 Å². The minimum Gasteiger partial charge on any atom is -0.385 e. The smallest absolute Gasteiger partial charge is 0.209 e. The van der Waals surface area contributed by atoms with Crippen LogP contribution in [0.15, 0.2) is 12.1 Å². The largest absolute Gasteiger partial charge is 0.385 e. The fraction of sp³-hybridized carbons (Fsp3) is 0.286. The summed E-state index contributed by atoms with van der Waals surface area (Å²) in [5.41, 5.74) is 21.2. The number of amides is 2. The molecule has 0 spiro atoms. The lowest BCUT2D eigenvalue weighted by atomic mass is 10.5. The van der Waals surface area contributed by atoms with Gasteiger partial charge in [0, 0.05) is 40.3 Å². The van der Waals surface area contributed by atoms with Crippen molar-refractivity contribution in [1.29, 1.82) is 0 Å². The third-order valence-electron chi connectivity index (χ3n) is 1.99. The van der Waals surface area contributed by atoms with Gasteiger partial charge in [-0.1, -0.05) is 0 Å². The van der Waals surface area contributed by atoms with Gasteiger partial charge in [-0.3, -0.25) is 9.59 Å². The van der Waals surface area contributed by atoms with Gasteiger partial charge < -0.3 is 42.7 Å². The lowest BCUT2D eigenvalue weighted by molar-refractivity contribution is -0.116. The molecule has 0 atom stereocenters. The Kier molecular flexibility index (Phi) is 14.3. The molecule has 0 aliphatic heterocycles. The van der Waals surface area contributed by atoms with E-state index < -0.39 is 0 Å². The summed E-state index contributed by atoms with van der Waals surface area (Å²) in [6, 6.07) is 3.02. The molecular weight excluding hydrogens is 404 g/mol. The molecule has 0 radical (unpaired) electrons. The summed E-state index contributed by atoms with van der Waals surface area (Å²) in [6.45, 7) is 0. The predicted molar refractivity (Wildman–Crippen MR) is 116 cm³/mol. The Morgan fingerprint density at radius 1 is 0.786 bits per heavy atom. The molecular formula is C14H26N10O2S2. The maximum absolute atomic E-state index is 9.43. The van der Waals surface area contributed by atoms with E-state index >= 15 is 0 Å². The Labute approximate surface area is 172 Å². The van der Waals surface area contributed by atoms with Gasteiger partial charge in [-0.05, 0) is 24.4 Å². The second-order valence-electron chi connectivity index (χ2n) is 5.27. The van der Waals surface area contributed by atoms with Crippen LogP contribution in [0.5, 0.6) is 0 Å². The van der Waals surface area contributed by atoms with E-state index in [2.05, 4.69) is 44.4 Å². The first-order valence-corrected chi connectivity index (χ1v) is 8.21. The van der Waals surface area contributed by atoms with Crippen molar-refractivity contribution in [3.63, 3.8) is 0 Å². The first-order valence-electron chi connectivity index (χ1n) is 7.39. The van der Waals surface area contributed by atoms with Gasteiger partial charge in [0.1, 0.15) is 23.3 Å². The lowest BCUT2D eigenvalue weighted by Gasteiger charge is -1.93. The fourth-order valence-corrected chi connectivity index (χ4v) is 1.44. The van der Waals surface area contributed by atoms with Gasteiger partial charge in [0.15, 0.2) is 9.54 Å². The average molecular weight is 431 g/mol. The Morgan fingerprint density at radius 2 is 1.04 bits per heavy atom. The summed E-state index contributed by atoms with van der Waals surface area (Å²) >= 11 is 9.32. The molecule has 0 aromatic carbocycles. The fourth-order valence-electron chi connectivity index (χ4n) is 0.993. The zero-order valence-corrected chi connectivity index (χ0v) is 17.7. The summed E-state index contributed by atoms with van der Waals surface area (Å²) in [7, 11) is 6.75. The number of nitrogen functional groups attached to an aromatic ring is 4. The standard InChI is InChI=1S/2C4H6N4S.2C3H7NO/c2*5-2-1-3(6)8-4(9)7-2;2*1-4(2)3-5/h2*1H,(H5,5,6,7,8,9);2*3H,1-2H3. The first-order chi connectivity index (χ1) is 12.9. The SMILES string of the molecule is CN(C)C=O.CN(C)C=O.Nc1cc(N)[nH]c(=S)n1.Nc1cc(N)[nH]c(=S)n1. The molecule has 0 fully saturated rings. The molecule has 28 heavy (non-hydrogen) atoms. The molecule has 2 heterocycles. The summed E-state index contributed by atoms with van der Waals surface area (Å²) < 4.78 is 0.625. The van der Waals surface area contributed by atoms with E-state index in [1.807, 2.05) is 0 Å². The summed E-state index contributed by atoms with van der Waals surface area (Å²) in [5, 5.41) is 0. The van der Waals surface area contributed by atoms with Crippen LogP contribution in [0.4, 0.5) is 23.3 Å². The van der Waals surface area contributed by atoms with Crippen LogP contribution < -0.4 is 22.9 Å². The second kappa shape index (κ2) is 14.9. The molecule has 0 unspecified atom stereocenters. The van der Waals surface area contributed by atoms with Crippen molar-refractivity contribution in [2.75, 3.05) is 51.1 Å².